The van der Waals surface area contributed by atoms with Gasteiger partial charge in [-0.3, -0.25) is 0 Å². The first kappa shape index (κ1) is 11.4. The predicted molar refractivity (Wildman–Crippen MR) is 76.8 cm³/mol. The van der Waals surface area contributed by atoms with Gasteiger partial charge in [0.25, 0.3) is 0 Å². The van der Waals surface area contributed by atoms with E-state index < -0.39 is 0 Å². The van der Waals surface area contributed by atoms with Gasteiger partial charge < -0.3 is 9.67 Å². The molecule has 18 heavy (non-hydrogen) atoms. The summed E-state index contributed by atoms with van der Waals surface area (Å²) in [7, 11) is 0. The van der Waals surface area contributed by atoms with Crippen LogP contribution in [0.3, 0.4) is 0 Å². The molecule has 0 spiro atoms. The fourth-order valence-electron chi connectivity index (χ4n) is 2.16. The fraction of sp³-hybridized carbons (Fsp3) is 0.0667. The van der Waals surface area contributed by atoms with Crippen LogP contribution in [0.2, 0.25) is 0 Å². The van der Waals surface area contributed by atoms with Crippen LogP contribution in [0.15, 0.2) is 59.2 Å². The average molecular weight is 302 g/mol. The average Bonchev–Trinajstić information content (AvgIpc) is 2.72. The minimum absolute atomic E-state index is 0.312. The molecule has 2 aromatic carbocycles. The van der Waals surface area contributed by atoms with Crippen molar-refractivity contribution in [2.24, 2.45) is 0 Å². The van der Waals surface area contributed by atoms with Crippen LogP contribution in [0.5, 0.6) is 5.75 Å². The molecule has 2 nitrogen and oxygen atoms in total. The van der Waals surface area contributed by atoms with E-state index in [1.54, 1.807) is 12.1 Å². The summed E-state index contributed by atoms with van der Waals surface area (Å²) in [6, 6.07) is 15.7. The lowest BCUT2D eigenvalue weighted by Gasteiger charge is -2.06. The number of nitrogens with zero attached hydrogens (tertiary/aromatic N) is 1. The standard InChI is InChI=1S/C15H12BrNO/c16-13-4-5-15-12(9-13)6-7-17(15)10-11-2-1-3-14(18)8-11/h1-9,18H,10H2. The number of aromatic nitrogens is 1. The highest BCUT2D eigenvalue weighted by atomic mass is 79.9. The maximum Gasteiger partial charge on any atom is 0.115 e. The van der Waals surface area contributed by atoms with Crippen LogP contribution in [0, 0.1) is 0 Å². The number of halogens is 1. The number of hydrogen-bond acceptors (Lipinski definition) is 1. The molecule has 1 heterocycles. The third kappa shape index (κ3) is 2.14. The highest BCUT2D eigenvalue weighted by molar-refractivity contribution is 9.10. The molecular formula is C15H12BrNO. The number of phenolic OH excluding ortho intramolecular Hbond substituents is 1. The Kier molecular flexibility index (Phi) is 2.84. The molecule has 0 unspecified atom stereocenters. The number of fused-ring (bicyclic) bond motifs is 1. The molecule has 0 saturated heterocycles. The third-order valence-electron chi connectivity index (χ3n) is 3.00. The van der Waals surface area contributed by atoms with Gasteiger partial charge >= 0.3 is 0 Å². The van der Waals surface area contributed by atoms with Crippen LogP contribution in [-0.4, -0.2) is 9.67 Å². The normalized spacial score (nSPS) is 10.9. The fourth-order valence-corrected chi connectivity index (χ4v) is 2.54. The van der Waals surface area contributed by atoms with E-state index in [-0.39, 0.29) is 0 Å². The zero-order valence-electron chi connectivity index (χ0n) is 9.68. The largest absolute Gasteiger partial charge is 0.508 e. The maximum absolute atomic E-state index is 9.48. The van der Waals surface area contributed by atoms with Crippen molar-refractivity contribution in [1.29, 1.82) is 0 Å². The second-order valence-corrected chi connectivity index (χ2v) is 5.23. The van der Waals surface area contributed by atoms with Gasteiger partial charge in [-0.05, 0) is 42.0 Å². The van der Waals surface area contributed by atoms with Crippen LogP contribution in [0.1, 0.15) is 5.56 Å². The summed E-state index contributed by atoms with van der Waals surface area (Å²) < 4.78 is 3.27. The first-order valence-corrected chi connectivity index (χ1v) is 6.54. The molecule has 0 amide bonds. The Morgan fingerprint density at radius 1 is 1.06 bits per heavy atom. The molecule has 3 aromatic rings. The van der Waals surface area contributed by atoms with Crippen LogP contribution in [-0.2, 0) is 6.54 Å². The Morgan fingerprint density at radius 2 is 1.94 bits per heavy atom. The molecule has 1 aromatic heterocycles. The van der Waals surface area contributed by atoms with E-state index in [2.05, 4.69) is 44.9 Å². The highest BCUT2D eigenvalue weighted by Crippen LogP contribution is 2.22. The zero-order chi connectivity index (χ0) is 12.5. The van der Waals surface area contributed by atoms with Crippen LogP contribution in [0.4, 0.5) is 0 Å². The second kappa shape index (κ2) is 4.50. The quantitative estimate of drug-likeness (QED) is 0.755. The van der Waals surface area contributed by atoms with Gasteiger partial charge in [0, 0.05) is 28.1 Å². The van der Waals surface area contributed by atoms with E-state index in [0.717, 1.165) is 16.6 Å². The SMILES string of the molecule is Oc1cccc(Cn2ccc3cc(Br)ccc32)c1. The first-order chi connectivity index (χ1) is 8.72. The minimum atomic E-state index is 0.312. The number of phenols is 1. The second-order valence-electron chi connectivity index (χ2n) is 4.32. The number of aromatic hydroxyl groups is 1. The summed E-state index contributed by atoms with van der Waals surface area (Å²) in [5, 5.41) is 10.7. The van der Waals surface area contributed by atoms with E-state index >= 15 is 0 Å². The Bertz CT molecular complexity index is 703. The van der Waals surface area contributed by atoms with E-state index in [1.165, 1.54) is 10.9 Å². The summed E-state index contributed by atoms with van der Waals surface area (Å²) in [6.07, 6.45) is 2.07. The lowest BCUT2D eigenvalue weighted by atomic mass is 10.2. The van der Waals surface area contributed by atoms with Gasteiger partial charge in [-0.1, -0.05) is 28.1 Å². The van der Waals surface area contributed by atoms with Gasteiger partial charge in [0.2, 0.25) is 0 Å². The van der Waals surface area contributed by atoms with E-state index in [4.69, 9.17) is 0 Å². The van der Waals surface area contributed by atoms with Crippen molar-refractivity contribution in [1.82, 2.24) is 4.57 Å². The highest BCUT2D eigenvalue weighted by Gasteiger charge is 2.02. The molecule has 0 aliphatic rings. The van der Waals surface area contributed by atoms with Crippen LogP contribution >= 0.6 is 15.9 Å². The number of rotatable bonds is 2. The van der Waals surface area contributed by atoms with Gasteiger partial charge in [-0.2, -0.15) is 0 Å². The molecule has 1 N–H and O–H groups in total. The molecule has 0 aliphatic heterocycles. The molecule has 0 bridgehead atoms. The van der Waals surface area contributed by atoms with Gasteiger partial charge in [0.15, 0.2) is 0 Å². The Balaban J connectivity index is 2.00. The van der Waals surface area contributed by atoms with Crippen molar-refractivity contribution in [3.05, 3.63) is 64.8 Å². The topological polar surface area (TPSA) is 25.2 Å². The molecule has 0 aliphatic carbocycles. The zero-order valence-corrected chi connectivity index (χ0v) is 11.3. The van der Waals surface area contributed by atoms with Crippen molar-refractivity contribution in [3.63, 3.8) is 0 Å². The molecule has 90 valence electrons. The monoisotopic (exact) mass is 301 g/mol. The lowest BCUT2D eigenvalue weighted by molar-refractivity contribution is 0.474. The molecular weight excluding hydrogens is 290 g/mol. The Morgan fingerprint density at radius 3 is 2.78 bits per heavy atom. The molecule has 0 radical (unpaired) electrons. The Labute approximate surface area is 114 Å². The summed E-state index contributed by atoms with van der Waals surface area (Å²) in [5.74, 6) is 0.312. The van der Waals surface area contributed by atoms with Crippen molar-refractivity contribution in [2.45, 2.75) is 6.54 Å². The minimum Gasteiger partial charge on any atom is -0.508 e. The summed E-state index contributed by atoms with van der Waals surface area (Å²) in [5.41, 5.74) is 2.29. The van der Waals surface area contributed by atoms with Crippen LogP contribution in [0.25, 0.3) is 10.9 Å². The predicted octanol–water partition coefficient (Wildman–Crippen LogP) is 4.16. The summed E-state index contributed by atoms with van der Waals surface area (Å²) in [4.78, 5) is 0. The van der Waals surface area contributed by atoms with Gasteiger partial charge in [0.05, 0.1) is 0 Å². The number of benzene rings is 2. The Hall–Kier alpha value is -1.74. The van der Waals surface area contributed by atoms with Crippen LogP contribution < -0.4 is 0 Å². The molecule has 0 saturated carbocycles. The summed E-state index contributed by atoms with van der Waals surface area (Å²) in [6.45, 7) is 0.763. The van der Waals surface area contributed by atoms with Gasteiger partial charge in [-0.25, -0.2) is 0 Å². The van der Waals surface area contributed by atoms with Crippen molar-refractivity contribution < 1.29 is 5.11 Å². The first-order valence-electron chi connectivity index (χ1n) is 5.75. The molecule has 0 fully saturated rings. The van der Waals surface area contributed by atoms with Gasteiger partial charge in [0.1, 0.15) is 5.75 Å². The van der Waals surface area contributed by atoms with E-state index in [0.29, 0.717) is 5.75 Å². The van der Waals surface area contributed by atoms with Crippen molar-refractivity contribution in [2.75, 3.05) is 0 Å². The third-order valence-corrected chi connectivity index (χ3v) is 3.49. The van der Waals surface area contributed by atoms with Crippen molar-refractivity contribution >= 4 is 26.8 Å². The maximum atomic E-state index is 9.48. The molecule has 3 heteroatoms. The number of hydrogen-bond donors (Lipinski definition) is 1. The van der Waals surface area contributed by atoms with E-state index in [1.807, 2.05) is 18.2 Å². The van der Waals surface area contributed by atoms with E-state index in [9.17, 15) is 5.11 Å². The van der Waals surface area contributed by atoms with Crippen molar-refractivity contribution in [3.8, 4) is 5.75 Å². The molecule has 3 rings (SSSR count). The summed E-state index contributed by atoms with van der Waals surface area (Å²) >= 11 is 3.48. The molecule has 0 atom stereocenters. The smallest absolute Gasteiger partial charge is 0.115 e. The lowest BCUT2D eigenvalue weighted by Crippen LogP contribution is -1.97. The van der Waals surface area contributed by atoms with Gasteiger partial charge in [-0.15, -0.1) is 0 Å².